The van der Waals surface area contributed by atoms with E-state index in [-0.39, 0.29) is 0 Å². The summed E-state index contributed by atoms with van der Waals surface area (Å²) >= 11 is 0. The minimum absolute atomic E-state index is 0.417. The Morgan fingerprint density at radius 3 is 2.37 bits per heavy atom. The molecule has 2 aliphatic rings. The largest absolute Gasteiger partial charge is 0.312 e. The quantitative estimate of drug-likeness (QED) is 0.784. The summed E-state index contributed by atoms with van der Waals surface area (Å²) in [5.74, 6) is 1.91. The van der Waals surface area contributed by atoms with Gasteiger partial charge in [0.05, 0.1) is 6.26 Å². The highest BCUT2D eigenvalue weighted by Gasteiger charge is 2.35. The SMILES string of the molecule is CC(C)(CNC1CCCC(C2CC2)C1)NS(C)(=O)=O. The van der Waals surface area contributed by atoms with Crippen LogP contribution < -0.4 is 10.0 Å². The fourth-order valence-electron chi connectivity index (χ4n) is 3.35. The predicted molar refractivity (Wildman–Crippen MR) is 78.5 cm³/mol. The molecule has 0 bridgehead atoms. The first-order chi connectivity index (χ1) is 8.75. The molecule has 0 aliphatic heterocycles. The first kappa shape index (κ1) is 15.3. The van der Waals surface area contributed by atoms with E-state index < -0.39 is 15.6 Å². The molecular formula is C14H28N2O2S. The molecular weight excluding hydrogens is 260 g/mol. The molecule has 2 saturated carbocycles. The molecule has 5 heteroatoms. The normalized spacial score (nSPS) is 29.4. The standard InChI is InChI=1S/C14H28N2O2S/c1-14(2,16-19(3,17)18)10-15-13-6-4-5-12(9-13)11-7-8-11/h11-13,15-16H,4-10H2,1-3H3. The van der Waals surface area contributed by atoms with Gasteiger partial charge in [-0.05, 0) is 51.4 Å². The molecule has 0 heterocycles. The average molecular weight is 288 g/mol. The molecule has 2 rings (SSSR count). The Labute approximate surface area is 117 Å². The predicted octanol–water partition coefficient (Wildman–Crippen LogP) is 1.87. The van der Waals surface area contributed by atoms with E-state index in [2.05, 4.69) is 10.0 Å². The van der Waals surface area contributed by atoms with Crippen LogP contribution in [0.1, 0.15) is 52.4 Å². The van der Waals surface area contributed by atoms with Crippen molar-refractivity contribution in [3.8, 4) is 0 Å². The lowest BCUT2D eigenvalue weighted by Crippen LogP contribution is -2.52. The Morgan fingerprint density at radius 2 is 1.79 bits per heavy atom. The molecule has 0 aromatic rings. The van der Waals surface area contributed by atoms with Gasteiger partial charge in [-0.3, -0.25) is 0 Å². The zero-order valence-electron chi connectivity index (χ0n) is 12.4. The maximum Gasteiger partial charge on any atom is 0.209 e. The molecule has 0 aromatic carbocycles. The molecule has 0 aromatic heterocycles. The van der Waals surface area contributed by atoms with Crippen LogP contribution in [0.15, 0.2) is 0 Å². The fourth-order valence-corrected chi connectivity index (χ4v) is 4.42. The number of hydrogen-bond donors (Lipinski definition) is 2. The smallest absolute Gasteiger partial charge is 0.209 e. The second-order valence-corrected chi connectivity index (χ2v) is 8.85. The van der Waals surface area contributed by atoms with Gasteiger partial charge in [0, 0.05) is 18.1 Å². The van der Waals surface area contributed by atoms with Crippen LogP contribution >= 0.6 is 0 Å². The van der Waals surface area contributed by atoms with Gasteiger partial charge in [0.15, 0.2) is 0 Å². The Morgan fingerprint density at radius 1 is 1.11 bits per heavy atom. The van der Waals surface area contributed by atoms with E-state index in [0.717, 1.165) is 11.8 Å². The molecule has 0 amide bonds. The molecule has 0 saturated heterocycles. The van der Waals surface area contributed by atoms with Crippen LogP contribution in [0.5, 0.6) is 0 Å². The number of rotatable bonds is 6. The van der Waals surface area contributed by atoms with Crippen molar-refractivity contribution in [2.24, 2.45) is 11.8 Å². The van der Waals surface area contributed by atoms with Gasteiger partial charge in [-0.1, -0.05) is 12.8 Å². The highest BCUT2D eigenvalue weighted by Crippen LogP contribution is 2.43. The van der Waals surface area contributed by atoms with Gasteiger partial charge in [0.2, 0.25) is 10.0 Å². The average Bonchev–Trinajstić information content (AvgIpc) is 3.07. The van der Waals surface area contributed by atoms with Crippen molar-refractivity contribution in [2.45, 2.75) is 64.0 Å². The lowest BCUT2D eigenvalue weighted by atomic mass is 9.82. The molecule has 2 aliphatic carbocycles. The summed E-state index contributed by atoms with van der Waals surface area (Å²) in [4.78, 5) is 0. The summed E-state index contributed by atoms with van der Waals surface area (Å²) in [6.07, 6.45) is 9.31. The van der Waals surface area contributed by atoms with Crippen LogP contribution in [0, 0.1) is 11.8 Å². The van der Waals surface area contributed by atoms with Crippen molar-refractivity contribution in [2.75, 3.05) is 12.8 Å². The van der Waals surface area contributed by atoms with E-state index in [0.29, 0.717) is 12.6 Å². The van der Waals surface area contributed by atoms with Crippen LogP contribution in [-0.4, -0.2) is 32.8 Å². The van der Waals surface area contributed by atoms with E-state index in [1.54, 1.807) is 0 Å². The molecule has 112 valence electrons. The second kappa shape index (κ2) is 5.70. The minimum atomic E-state index is -3.14. The van der Waals surface area contributed by atoms with Crippen molar-refractivity contribution in [3.63, 3.8) is 0 Å². The van der Waals surface area contributed by atoms with E-state index in [1.807, 2.05) is 13.8 Å². The van der Waals surface area contributed by atoms with Crippen molar-refractivity contribution < 1.29 is 8.42 Å². The topological polar surface area (TPSA) is 58.2 Å². The van der Waals surface area contributed by atoms with Gasteiger partial charge >= 0.3 is 0 Å². The Balaban J connectivity index is 1.77. The Hall–Kier alpha value is -0.130. The molecule has 2 atom stereocenters. The highest BCUT2D eigenvalue weighted by molar-refractivity contribution is 7.88. The van der Waals surface area contributed by atoms with E-state index in [9.17, 15) is 8.42 Å². The maximum atomic E-state index is 11.3. The Bertz CT molecular complexity index is 402. The molecule has 2 fully saturated rings. The van der Waals surface area contributed by atoms with Crippen molar-refractivity contribution in [1.29, 1.82) is 0 Å². The maximum absolute atomic E-state index is 11.3. The molecule has 0 radical (unpaired) electrons. The third-order valence-corrected chi connectivity index (χ3v) is 5.22. The molecule has 4 nitrogen and oxygen atoms in total. The van der Waals surface area contributed by atoms with Gasteiger partial charge in [0.25, 0.3) is 0 Å². The summed E-state index contributed by atoms with van der Waals surface area (Å²) in [6, 6.07) is 0.569. The first-order valence-electron chi connectivity index (χ1n) is 7.47. The zero-order valence-corrected chi connectivity index (χ0v) is 13.2. The molecule has 2 unspecified atom stereocenters. The summed E-state index contributed by atoms with van der Waals surface area (Å²) in [5, 5.41) is 3.57. The lowest BCUT2D eigenvalue weighted by Gasteiger charge is -2.33. The first-order valence-corrected chi connectivity index (χ1v) is 9.37. The van der Waals surface area contributed by atoms with E-state index >= 15 is 0 Å². The summed E-state index contributed by atoms with van der Waals surface area (Å²) in [5.41, 5.74) is -0.417. The molecule has 19 heavy (non-hydrogen) atoms. The second-order valence-electron chi connectivity index (χ2n) is 7.10. The van der Waals surface area contributed by atoms with Crippen LogP contribution in [0.4, 0.5) is 0 Å². The summed E-state index contributed by atoms with van der Waals surface area (Å²) in [7, 11) is -3.14. The van der Waals surface area contributed by atoms with Crippen LogP contribution in [-0.2, 0) is 10.0 Å². The Kier molecular flexibility index (Phi) is 4.58. The minimum Gasteiger partial charge on any atom is -0.312 e. The van der Waals surface area contributed by atoms with Gasteiger partial charge in [-0.25, -0.2) is 13.1 Å². The van der Waals surface area contributed by atoms with Crippen LogP contribution in [0.25, 0.3) is 0 Å². The lowest BCUT2D eigenvalue weighted by molar-refractivity contribution is 0.249. The van der Waals surface area contributed by atoms with E-state index in [1.165, 1.54) is 44.8 Å². The number of nitrogens with one attached hydrogen (secondary N) is 2. The molecule has 2 N–H and O–H groups in total. The third-order valence-electron chi connectivity index (χ3n) is 4.30. The highest BCUT2D eigenvalue weighted by atomic mass is 32.2. The van der Waals surface area contributed by atoms with Crippen molar-refractivity contribution >= 4 is 10.0 Å². The van der Waals surface area contributed by atoms with Crippen LogP contribution in [0.3, 0.4) is 0 Å². The van der Waals surface area contributed by atoms with Gasteiger partial charge in [-0.2, -0.15) is 0 Å². The van der Waals surface area contributed by atoms with Gasteiger partial charge in [-0.15, -0.1) is 0 Å². The van der Waals surface area contributed by atoms with Crippen molar-refractivity contribution in [1.82, 2.24) is 10.0 Å². The summed E-state index contributed by atoms with van der Waals surface area (Å²) < 4.78 is 25.3. The zero-order chi connectivity index (χ0) is 14.1. The van der Waals surface area contributed by atoms with Crippen molar-refractivity contribution in [3.05, 3.63) is 0 Å². The number of sulfonamides is 1. The van der Waals surface area contributed by atoms with Crippen LogP contribution in [0.2, 0.25) is 0 Å². The number of hydrogen-bond acceptors (Lipinski definition) is 3. The molecule has 0 spiro atoms. The monoisotopic (exact) mass is 288 g/mol. The van der Waals surface area contributed by atoms with E-state index in [4.69, 9.17) is 0 Å². The van der Waals surface area contributed by atoms with Gasteiger partial charge in [0.1, 0.15) is 0 Å². The third kappa shape index (κ3) is 5.40. The van der Waals surface area contributed by atoms with Gasteiger partial charge < -0.3 is 5.32 Å². The summed E-state index contributed by atoms with van der Waals surface area (Å²) in [6.45, 7) is 4.56. The fraction of sp³-hybridized carbons (Fsp3) is 1.00.